The highest BCUT2D eigenvalue weighted by molar-refractivity contribution is 4.62. The summed E-state index contributed by atoms with van der Waals surface area (Å²) in [6.07, 6.45) is -2.44. The van der Waals surface area contributed by atoms with E-state index in [1.807, 2.05) is 0 Å². The number of hydrogen-bond acceptors (Lipinski definition) is 4. The van der Waals surface area contributed by atoms with Gasteiger partial charge in [-0.25, -0.2) is 0 Å². The SMILES string of the molecule is O.OC[C@H](O)[C@@H](O)CO. The molecule has 0 bridgehead atoms. The fourth-order valence-corrected chi connectivity index (χ4v) is 0.243. The Bertz CT molecular complexity index is 48.9. The van der Waals surface area contributed by atoms with Crippen LogP contribution in [0.15, 0.2) is 0 Å². The molecule has 0 saturated carbocycles. The second-order valence-corrected chi connectivity index (χ2v) is 1.50. The summed E-state index contributed by atoms with van der Waals surface area (Å²) in [4.78, 5) is 0. The zero-order valence-electron chi connectivity index (χ0n) is 4.86. The summed E-state index contributed by atoms with van der Waals surface area (Å²) in [5.41, 5.74) is 0. The van der Waals surface area contributed by atoms with Gasteiger partial charge >= 0.3 is 0 Å². The Morgan fingerprint density at radius 2 is 1.11 bits per heavy atom. The minimum atomic E-state index is -1.22. The molecule has 0 rings (SSSR count). The Kier molecular flexibility index (Phi) is 7.63. The summed E-state index contributed by atoms with van der Waals surface area (Å²) in [6.45, 7) is -1.05. The molecule has 0 aromatic heterocycles. The van der Waals surface area contributed by atoms with Gasteiger partial charge in [0.15, 0.2) is 0 Å². The molecule has 0 heterocycles. The molecule has 0 aliphatic rings. The fourth-order valence-electron chi connectivity index (χ4n) is 0.243. The largest absolute Gasteiger partial charge is 0.412 e. The van der Waals surface area contributed by atoms with Crippen LogP contribution in [-0.2, 0) is 0 Å². The lowest BCUT2D eigenvalue weighted by molar-refractivity contribution is -0.0388. The lowest BCUT2D eigenvalue weighted by atomic mass is 10.2. The van der Waals surface area contributed by atoms with E-state index >= 15 is 0 Å². The third-order valence-electron chi connectivity index (χ3n) is 0.818. The van der Waals surface area contributed by atoms with Crippen molar-refractivity contribution in [2.75, 3.05) is 13.2 Å². The van der Waals surface area contributed by atoms with E-state index in [1.165, 1.54) is 0 Å². The van der Waals surface area contributed by atoms with Gasteiger partial charge in [0.05, 0.1) is 13.2 Å². The predicted octanol–water partition coefficient (Wildman–Crippen LogP) is -3.13. The van der Waals surface area contributed by atoms with Gasteiger partial charge in [-0.1, -0.05) is 0 Å². The van der Waals surface area contributed by atoms with Gasteiger partial charge in [-0.15, -0.1) is 0 Å². The summed E-state index contributed by atoms with van der Waals surface area (Å²) >= 11 is 0. The molecule has 9 heavy (non-hydrogen) atoms. The van der Waals surface area contributed by atoms with Gasteiger partial charge in [-0.3, -0.25) is 0 Å². The van der Waals surface area contributed by atoms with Crippen LogP contribution in [0, 0.1) is 0 Å². The first-order chi connectivity index (χ1) is 3.72. The van der Waals surface area contributed by atoms with E-state index in [-0.39, 0.29) is 5.48 Å². The van der Waals surface area contributed by atoms with E-state index in [0.717, 1.165) is 0 Å². The topological polar surface area (TPSA) is 112 Å². The van der Waals surface area contributed by atoms with E-state index in [9.17, 15) is 0 Å². The van der Waals surface area contributed by atoms with Crippen molar-refractivity contribution < 1.29 is 25.9 Å². The first kappa shape index (κ1) is 11.6. The number of hydrogen-bond donors (Lipinski definition) is 4. The highest BCUT2D eigenvalue weighted by Crippen LogP contribution is 1.88. The van der Waals surface area contributed by atoms with Crippen molar-refractivity contribution in [3.63, 3.8) is 0 Å². The van der Waals surface area contributed by atoms with Crippen LogP contribution in [0.2, 0.25) is 0 Å². The van der Waals surface area contributed by atoms with Crippen LogP contribution >= 0.6 is 0 Å². The summed E-state index contributed by atoms with van der Waals surface area (Å²) < 4.78 is 0. The Balaban J connectivity index is 0. The van der Waals surface area contributed by atoms with Gasteiger partial charge in [0.2, 0.25) is 0 Å². The lowest BCUT2D eigenvalue weighted by Crippen LogP contribution is -2.31. The van der Waals surface area contributed by atoms with Gasteiger partial charge in [0, 0.05) is 0 Å². The molecular weight excluding hydrogens is 128 g/mol. The van der Waals surface area contributed by atoms with E-state index in [4.69, 9.17) is 20.4 Å². The quantitative estimate of drug-likeness (QED) is 0.332. The Labute approximate surface area is 52.5 Å². The summed E-state index contributed by atoms with van der Waals surface area (Å²) in [6, 6.07) is 0. The van der Waals surface area contributed by atoms with Crippen LogP contribution in [0.4, 0.5) is 0 Å². The second kappa shape index (κ2) is 5.93. The van der Waals surface area contributed by atoms with Gasteiger partial charge in [0.25, 0.3) is 0 Å². The van der Waals surface area contributed by atoms with E-state index in [2.05, 4.69) is 0 Å². The smallest absolute Gasteiger partial charge is 0.105 e. The van der Waals surface area contributed by atoms with E-state index in [1.54, 1.807) is 0 Å². The van der Waals surface area contributed by atoms with Gasteiger partial charge < -0.3 is 25.9 Å². The summed E-state index contributed by atoms with van der Waals surface area (Å²) in [5, 5.41) is 33.2. The average molecular weight is 140 g/mol. The second-order valence-electron chi connectivity index (χ2n) is 1.50. The van der Waals surface area contributed by atoms with Crippen molar-refractivity contribution in [1.82, 2.24) is 0 Å². The van der Waals surface area contributed by atoms with Crippen molar-refractivity contribution in [2.45, 2.75) is 12.2 Å². The standard InChI is InChI=1S/C4H10O4.H2O/c5-1-3(7)4(8)2-6;/h3-8H,1-2H2;1H2/t3-,4-;/m0./s1. The van der Waals surface area contributed by atoms with Crippen molar-refractivity contribution in [3.8, 4) is 0 Å². The molecule has 0 amide bonds. The van der Waals surface area contributed by atoms with Crippen LogP contribution < -0.4 is 0 Å². The number of rotatable bonds is 3. The zero-order valence-corrected chi connectivity index (χ0v) is 4.86. The van der Waals surface area contributed by atoms with Crippen molar-refractivity contribution in [3.05, 3.63) is 0 Å². The molecule has 0 aliphatic carbocycles. The monoisotopic (exact) mass is 140 g/mol. The number of aliphatic hydroxyl groups is 4. The third-order valence-corrected chi connectivity index (χ3v) is 0.818. The normalized spacial score (nSPS) is 16.0. The predicted molar refractivity (Wildman–Crippen MR) is 29.8 cm³/mol. The fraction of sp³-hybridized carbons (Fsp3) is 1.00. The molecule has 2 atom stereocenters. The minimum absolute atomic E-state index is 0. The maximum absolute atomic E-state index is 8.47. The van der Waals surface area contributed by atoms with Gasteiger partial charge in [0.1, 0.15) is 12.2 Å². The summed E-state index contributed by atoms with van der Waals surface area (Å²) in [7, 11) is 0. The highest BCUT2D eigenvalue weighted by atomic mass is 16.4. The first-order valence-electron chi connectivity index (χ1n) is 2.30. The van der Waals surface area contributed by atoms with E-state index < -0.39 is 25.4 Å². The van der Waals surface area contributed by atoms with Crippen molar-refractivity contribution in [2.24, 2.45) is 0 Å². The maximum atomic E-state index is 8.47. The highest BCUT2D eigenvalue weighted by Gasteiger charge is 2.12. The average Bonchev–Trinajstić information content (AvgIpc) is 1.84. The molecule has 0 fully saturated rings. The van der Waals surface area contributed by atoms with Crippen LogP contribution in [0.25, 0.3) is 0 Å². The minimum Gasteiger partial charge on any atom is -0.412 e. The third kappa shape index (κ3) is 4.31. The van der Waals surface area contributed by atoms with Gasteiger partial charge in [-0.2, -0.15) is 0 Å². The molecular formula is C4H12O5. The summed E-state index contributed by atoms with van der Waals surface area (Å²) in [5.74, 6) is 0. The van der Waals surface area contributed by atoms with Crippen molar-refractivity contribution in [1.29, 1.82) is 0 Å². The molecule has 58 valence electrons. The van der Waals surface area contributed by atoms with Crippen LogP contribution in [0.1, 0.15) is 0 Å². The lowest BCUT2D eigenvalue weighted by Gasteiger charge is -2.10. The van der Waals surface area contributed by atoms with Crippen LogP contribution in [0.3, 0.4) is 0 Å². The molecule has 6 N–H and O–H groups in total. The van der Waals surface area contributed by atoms with Gasteiger partial charge in [-0.05, 0) is 0 Å². The molecule has 0 aliphatic heterocycles. The van der Waals surface area contributed by atoms with Crippen LogP contribution in [-0.4, -0.2) is 51.3 Å². The molecule has 0 saturated heterocycles. The van der Waals surface area contributed by atoms with Crippen molar-refractivity contribution >= 4 is 0 Å². The van der Waals surface area contributed by atoms with E-state index in [0.29, 0.717) is 0 Å². The molecule has 5 nitrogen and oxygen atoms in total. The Morgan fingerprint density at radius 3 is 1.22 bits per heavy atom. The molecule has 0 unspecified atom stereocenters. The molecule has 0 radical (unpaired) electrons. The zero-order chi connectivity index (χ0) is 6.57. The first-order valence-corrected chi connectivity index (χ1v) is 2.30. The maximum Gasteiger partial charge on any atom is 0.105 e. The molecule has 0 aromatic carbocycles. The Morgan fingerprint density at radius 1 is 0.889 bits per heavy atom. The molecule has 0 spiro atoms. The number of aliphatic hydroxyl groups excluding tert-OH is 4. The Hall–Kier alpha value is -0.200. The molecule has 5 heteroatoms. The molecule has 0 aromatic rings. The van der Waals surface area contributed by atoms with Crippen LogP contribution in [0.5, 0.6) is 0 Å².